The zero-order valence-corrected chi connectivity index (χ0v) is 23.4. The van der Waals surface area contributed by atoms with Crippen molar-refractivity contribution in [1.29, 1.82) is 0 Å². The molecule has 0 spiro atoms. The maximum Gasteiger partial charge on any atom is 0.326 e. The number of benzene rings is 1. The van der Waals surface area contributed by atoms with Crippen molar-refractivity contribution in [3.8, 4) is 5.75 Å². The predicted molar refractivity (Wildman–Crippen MR) is 146 cm³/mol. The highest BCUT2D eigenvalue weighted by Gasteiger charge is 2.44. The van der Waals surface area contributed by atoms with Crippen molar-refractivity contribution in [1.82, 2.24) is 15.4 Å². The number of carbonyl (C=O) groups is 4. The third-order valence-corrected chi connectivity index (χ3v) is 7.76. The molecule has 14 heteroatoms. The molecule has 224 valence electrons. The van der Waals surface area contributed by atoms with Crippen molar-refractivity contribution in [2.24, 2.45) is 11.1 Å². The van der Waals surface area contributed by atoms with Gasteiger partial charge in [-0.15, -0.1) is 0 Å². The number of carboxylic acid groups (broad SMARTS) is 2. The molecule has 0 unspecified atom stereocenters. The zero-order valence-electron chi connectivity index (χ0n) is 22.6. The number of nitrogens with one attached hydrogen (secondary N) is 3. The number of hydrogen-bond acceptors (Lipinski definition) is 8. The molecule has 1 saturated carbocycles. The Bertz CT molecular complexity index is 1140. The molecule has 0 saturated heterocycles. The lowest BCUT2D eigenvalue weighted by Crippen LogP contribution is -2.53. The first-order valence-corrected chi connectivity index (χ1v) is 15.1. The fourth-order valence-electron chi connectivity index (χ4n) is 5.11. The van der Waals surface area contributed by atoms with Crippen LogP contribution in [0, 0.1) is 5.41 Å². The van der Waals surface area contributed by atoms with E-state index in [4.69, 9.17) is 5.73 Å². The topological polar surface area (TPSA) is 225 Å². The Labute approximate surface area is 234 Å². The lowest BCUT2D eigenvalue weighted by Gasteiger charge is -2.33. The quantitative estimate of drug-likeness (QED) is 0.125. The third-order valence-electron chi connectivity index (χ3n) is 7.05. The Morgan fingerprint density at radius 3 is 2.15 bits per heavy atom. The second kappa shape index (κ2) is 15.0. The molecule has 0 aromatic heterocycles. The summed E-state index contributed by atoms with van der Waals surface area (Å²) in [7, 11) is -3.75. The van der Waals surface area contributed by atoms with Crippen LogP contribution < -0.4 is 21.1 Å². The van der Waals surface area contributed by atoms with E-state index in [0.717, 1.165) is 6.26 Å². The molecule has 8 N–H and O–H groups in total. The van der Waals surface area contributed by atoms with E-state index < -0.39 is 63.7 Å². The monoisotopic (exact) mass is 584 g/mol. The number of carboxylic acids is 2. The minimum atomic E-state index is -3.75. The Kier molecular flexibility index (Phi) is 12.3. The number of aromatic hydroxyl groups is 1. The van der Waals surface area contributed by atoms with Gasteiger partial charge in [-0.3, -0.25) is 14.4 Å². The normalized spacial score (nSPS) is 16.9. The zero-order chi connectivity index (χ0) is 29.9. The molecule has 0 aliphatic heterocycles. The van der Waals surface area contributed by atoms with Crippen LogP contribution in [0.25, 0.3) is 0 Å². The van der Waals surface area contributed by atoms with Crippen LogP contribution >= 0.6 is 0 Å². The molecule has 0 bridgehead atoms. The maximum absolute atomic E-state index is 13.6. The van der Waals surface area contributed by atoms with Gasteiger partial charge >= 0.3 is 11.9 Å². The van der Waals surface area contributed by atoms with Gasteiger partial charge in [-0.2, -0.15) is 0 Å². The SMILES string of the molecule is CS(=O)(=O)N[C@@H](CCCCN)C(=O)N[C@@H](CC(=O)O)CC1(C(=O)N[C@@H](Cc2ccc(O)cc2)C(=O)O)CCCC1. The molecule has 3 atom stereocenters. The van der Waals surface area contributed by atoms with Crippen molar-refractivity contribution >= 4 is 33.8 Å². The Hall–Kier alpha value is -3.23. The average Bonchev–Trinajstić information content (AvgIpc) is 3.32. The second-order valence-electron chi connectivity index (χ2n) is 10.5. The molecule has 0 radical (unpaired) electrons. The molecular weight excluding hydrogens is 544 g/mol. The first-order valence-electron chi connectivity index (χ1n) is 13.3. The van der Waals surface area contributed by atoms with Crippen LogP contribution in [-0.2, 0) is 35.6 Å². The Morgan fingerprint density at radius 1 is 1.00 bits per heavy atom. The summed E-state index contributed by atoms with van der Waals surface area (Å²) in [5, 5.41) is 34.0. The smallest absolute Gasteiger partial charge is 0.326 e. The highest BCUT2D eigenvalue weighted by Crippen LogP contribution is 2.43. The van der Waals surface area contributed by atoms with E-state index >= 15 is 0 Å². The van der Waals surface area contributed by atoms with Gasteiger partial charge in [-0.25, -0.2) is 17.9 Å². The van der Waals surface area contributed by atoms with Crippen LogP contribution in [0.2, 0.25) is 0 Å². The van der Waals surface area contributed by atoms with Crippen LogP contribution in [0.3, 0.4) is 0 Å². The summed E-state index contributed by atoms with van der Waals surface area (Å²) in [6.45, 7) is 0.358. The fourth-order valence-corrected chi connectivity index (χ4v) is 5.85. The van der Waals surface area contributed by atoms with Gasteiger partial charge in [0.15, 0.2) is 0 Å². The molecular formula is C26H40N4O9S. The van der Waals surface area contributed by atoms with E-state index in [1.54, 1.807) is 12.1 Å². The fraction of sp³-hybridized carbons (Fsp3) is 0.615. The lowest BCUT2D eigenvalue weighted by atomic mass is 9.78. The molecule has 2 rings (SSSR count). The van der Waals surface area contributed by atoms with Crippen molar-refractivity contribution in [3.05, 3.63) is 29.8 Å². The van der Waals surface area contributed by atoms with Gasteiger partial charge in [-0.1, -0.05) is 31.4 Å². The summed E-state index contributed by atoms with van der Waals surface area (Å²) in [6, 6.07) is 2.50. The molecule has 2 amide bonds. The van der Waals surface area contributed by atoms with Crippen molar-refractivity contribution in [2.45, 2.75) is 82.3 Å². The molecule has 40 heavy (non-hydrogen) atoms. The predicted octanol–water partition coefficient (Wildman–Crippen LogP) is 0.461. The molecule has 1 fully saturated rings. The molecule has 1 aliphatic carbocycles. The van der Waals surface area contributed by atoms with Gasteiger partial charge < -0.3 is 31.7 Å². The minimum Gasteiger partial charge on any atom is -0.508 e. The number of sulfonamides is 1. The first-order chi connectivity index (χ1) is 18.7. The molecule has 1 aliphatic rings. The van der Waals surface area contributed by atoms with Crippen LogP contribution in [0.15, 0.2) is 24.3 Å². The second-order valence-corrected chi connectivity index (χ2v) is 12.2. The number of rotatable bonds is 17. The number of nitrogens with two attached hydrogens (primary N) is 1. The number of phenols is 1. The van der Waals surface area contributed by atoms with Crippen LogP contribution in [0.5, 0.6) is 5.75 Å². The summed E-state index contributed by atoms with van der Waals surface area (Å²) in [5.74, 6) is -3.71. The van der Waals surface area contributed by atoms with Gasteiger partial charge in [-0.05, 0) is 56.3 Å². The maximum atomic E-state index is 13.6. The number of carbonyl (C=O) groups excluding carboxylic acids is 2. The van der Waals surface area contributed by atoms with Gasteiger partial charge in [0.2, 0.25) is 21.8 Å². The Balaban J connectivity index is 2.23. The van der Waals surface area contributed by atoms with E-state index in [1.165, 1.54) is 12.1 Å². The van der Waals surface area contributed by atoms with Gasteiger partial charge in [0.1, 0.15) is 17.8 Å². The van der Waals surface area contributed by atoms with Crippen LogP contribution in [0.4, 0.5) is 0 Å². The first kappa shape index (κ1) is 33.0. The molecule has 0 heterocycles. The highest BCUT2D eigenvalue weighted by atomic mass is 32.2. The van der Waals surface area contributed by atoms with Crippen molar-refractivity contribution < 1.29 is 42.9 Å². The number of phenolic OH excluding ortho intramolecular Hbond substituents is 1. The summed E-state index contributed by atoms with van der Waals surface area (Å²) >= 11 is 0. The molecule has 1 aromatic carbocycles. The van der Waals surface area contributed by atoms with E-state index in [1.807, 2.05) is 0 Å². The number of hydrogen-bond donors (Lipinski definition) is 7. The van der Waals surface area contributed by atoms with Crippen LogP contribution in [0.1, 0.15) is 63.4 Å². The van der Waals surface area contributed by atoms with Crippen LogP contribution in [-0.4, -0.2) is 78.4 Å². The van der Waals surface area contributed by atoms with E-state index in [-0.39, 0.29) is 25.0 Å². The Morgan fingerprint density at radius 2 is 1.62 bits per heavy atom. The van der Waals surface area contributed by atoms with Gasteiger partial charge in [0.05, 0.1) is 18.1 Å². The molecule has 1 aromatic rings. The standard InChI is InChI=1S/C26H40N4O9S/c1-40(38,39)30-20(6-2-5-13-27)23(34)28-18(15-22(32)33)16-26(11-3-4-12-26)25(37)29-21(24(35)36)14-17-7-9-19(31)10-8-17/h7-10,18,20-21,30-31H,2-6,11-16,27H2,1H3,(H,28,34)(H,29,37)(H,32,33)(H,35,36)/t18-,20-,21-/m0/s1. The van der Waals surface area contributed by atoms with Crippen molar-refractivity contribution in [2.75, 3.05) is 12.8 Å². The van der Waals surface area contributed by atoms with E-state index in [2.05, 4.69) is 15.4 Å². The van der Waals surface area contributed by atoms with Gasteiger partial charge in [0, 0.05) is 12.5 Å². The summed E-state index contributed by atoms with van der Waals surface area (Å²) in [6.07, 6.45) is 3.56. The highest BCUT2D eigenvalue weighted by molar-refractivity contribution is 7.88. The molecule has 13 nitrogen and oxygen atoms in total. The number of amides is 2. The largest absolute Gasteiger partial charge is 0.508 e. The third kappa shape index (κ3) is 10.7. The average molecular weight is 585 g/mol. The summed E-state index contributed by atoms with van der Waals surface area (Å²) in [5.41, 5.74) is 4.97. The number of unbranched alkanes of at least 4 members (excludes halogenated alkanes) is 1. The minimum absolute atomic E-state index is 0.0180. The summed E-state index contributed by atoms with van der Waals surface area (Å²) < 4.78 is 26.0. The lowest BCUT2D eigenvalue weighted by molar-refractivity contribution is -0.144. The number of aliphatic carboxylic acids is 2. The van der Waals surface area contributed by atoms with Crippen molar-refractivity contribution in [3.63, 3.8) is 0 Å². The van der Waals surface area contributed by atoms with Gasteiger partial charge in [0.25, 0.3) is 0 Å². The van der Waals surface area contributed by atoms with E-state index in [0.29, 0.717) is 50.6 Å². The van der Waals surface area contributed by atoms with E-state index in [9.17, 15) is 42.9 Å². The summed E-state index contributed by atoms with van der Waals surface area (Å²) in [4.78, 5) is 50.3.